The second-order valence-electron chi connectivity index (χ2n) is 8.68. The smallest absolute Gasteiger partial charge is 0.134 e. The van der Waals surface area contributed by atoms with Crippen LogP contribution >= 0.6 is 0 Å². The third-order valence-corrected chi connectivity index (χ3v) is 5.48. The molecule has 3 heterocycles. The number of rotatable bonds is 5. The highest BCUT2D eigenvalue weighted by Crippen LogP contribution is 2.35. The predicted octanol–water partition coefficient (Wildman–Crippen LogP) is 4.67. The summed E-state index contributed by atoms with van der Waals surface area (Å²) in [5.74, 6) is 3.27. The molecule has 0 saturated carbocycles. The summed E-state index contributed by atoms with van der Waals surface area (Å²) in [6.07, 6.45) is 5.70. The van der Waals surface area contributed by atoms with Crippen molar-refractivity contribution in [2.45, 2.75) is 65.5 Å². The fraction of sp³-hybridized carbons (Fsp3) is 0.545. The lowest BCUT2D eigenvalue weighted by atomic mass is 9.85. The van der Waals surface area contributed by atoms with Crippen LogP contribution < -0.4 is 5.32 Å². The molecular weight excluding hydrogens is 336 g/mol. The third kappa shape index (κ3) is 3.93. The summed E-state index contributed by atoms with van der Waals surface area (Å²) >= 11 is 0. The first kappa shape index (κ1) is 18.2. The molecule has 1 aliphatic heterocycles. The number of benzene rings is 1. The normalized spacial score (nSPS) is 16.3. The monoisotopic (exact) mass is 366 g/mol. The molecule has 144 valence electrons. The SMILES string of the molecule is CC(C)(C)[C@@H](NCCc1nnc2n1CCCCC2)c1cc2ccccc2o1. The molecule has 0 radical (unpaired) electrons. The third-order valence-electron chi connectivity index (χ3n) is 5.48. The Balaban J connectivity index is 1.48. The Kier molecular flexibility index (Phi) is 5.04. The van der Waals surface area contributed by atoms with Crippen LogP contribution in [0.3, 0.4) is 0 Å². The lowest BCUT2D eigenvalue weighted by Gasteiger charge is -2.30. The molecule has 1 N–H and O–H groups in total. The number of fused-ring (bicyclic) bond motifs is 2. The van der Waals surface area contributed by atoms with E-state index in [9.17, 15) is 0 Å². The molecule has 5 nitrogen and oxygen atoms in total. The molecule has 27 heavy (non-hydrogen) atoms. The van der Waals surface area contributed by atoms with Crippen LogP contribution in [0.25, 0.3) is 11.0 Å². The molecule has 0 fully saturated rings. The van der Waals surface area contributed by atoms with Gasteiger partial charge in [-0.3, -0.25) is 0 Å². The standard InChI is InChI=1S/C22H30N4O/c1-22(2,3)21(18-15-16-9-6-7-10-17(16)27-18)23-13-12-20-25-24-19-11-5-4-8-14-26(19)20/h6-7,9-10,15,21,23H,4-5,8,11-14H2,1-3H3/t21-/m0/s1. The van der Waals surface area contributed by atoms with E-state index in [2.05, 4.69) is 59.1 Å². The largest absolute Gasteiger partial charge is 0.459 e. The van der Waals surface area contributed by atoms with Crippen molar-refractivity contribution in [3.05, 3.63) is 47.7 Å². The Hall–Kier alpha value is -2.14. The van der Waals surface area contributed by atoms with Crippen molar-refractivity contribution in [3.63, 3.8) is 0 Å². The maximum Gasteiger partial charge on any atom is 0.134 e. The summed E-state index contributed by atoms with van der Waals surface area (Å²) in [5.41, 5.74) is 1.00. The van der Waals surface area contributed by atoms with Crippen LogP contribution in [0.4, 0.5) is 0 Å². The van der Waals surface area contributed by atoms with E-state index in [0.717, 1.165) is 54.3 Å². The zero-order chi connectivity index (χ0) is 18.9. The number of furan rings is 1. The highest BCUT2D eigenvalue weighted by molar-refractivity contribution is 5.77. The molecular formula is C22H30N4O. The van der Waals surface area contributed by atoms with Gasteiger partial charge in [0.1, 0.15) is 23.0 Å². The Labute approximate surface area is 161 Å². The van der Waals surface area contributed by atoms with Crippen molar-refractivity contribution in [1.29, 1.82) is 0 Å². The van der Waals surface area contributed by atoms with Gasteiger partial charge >= 0.3 is 0 Å². The molecule has 1 aromatic carbocycles. The van der Waals surface area contributed by atoms with Crippen molar-refractivity contribution in [3.8, 4) is 0 Å². The van der Waals surface area contributed by atoms with Crippen LogP contribution in [0.5, 0.6) is 0 Å². The molecule has 0 spiro atoms. The Morgan fingerprint density at radius 3 is 2.81 bits per heavy atom. The van der Waals surface area contributed by atoms with Crippen LogP contribution in [0, 0.1) is 5.41 Å². The average Bonchev–Trinajstić information content (AvgIpc) is 3.14. The van der Waals surface area contributed by atoms with Gasteiger partial charge in [-0.25, -0.2) is 0 Å². The summed E-state index contributed by atoms with van der Waals surface area (Å²) in [5, 5.41) is 13.8. The minimum atomic E-state index is 0.0512. The van der Waals surface area contributed by atoms with E-state index in [0.29, 0.717) is 0 Å². The van der Waals surface area contributed by atoms with Crippen molar-refractivity contribution in [2.75, 3.05) is 6.54 Å². The van der Waals surface area contributed by atoms with Crippen molar-refractivity contribution >= 4 is 11.0 Å². The minimum Gasteiger partial charge on any atom is -0.459 e. The van der Waals surface area contributed by atoms with Crippen molar-refractivity contribution < 1.29 is 4.42 Å². The Morgan fingerprint density at radius 2 is 2.00 bits per heavy atom. The van der Waals surface area contributed by atoms with Crippen molar-refractivity contribution in [2.24, 2.45) is 5.41 Å². The van der Waals surface area contributed by atoms with Gasteiger partial charge in [-0.15, -0.1) is 10.2 Å². The second-order valence-corrected chi connectivity index (χ2v) is 8.68. The van der Waals surface area contributed by atoms with Gasteiger partial charge in [-0.05, 0) is 30.4 Å². The van der Waals surface area contributed by atoms with Gasteiger partial charge in [-0.2, -0.15) is 0 Å². The topological polar surface area (TPSA) is 55.9 Å². The molecule has 4 rings (SSSR count). The number of hydrogen-bond acceptors (Lipinski definition) is 4. The fourth-order valence-electron chi connectivity index (χ4n) is 4.04. The molecule has 2 aromatic heterocycles. The first-order valence-corrected chi connectivity index (χ1v) is 10.2. The first-order chi connectivity index (χ1) is 13.0. The van der Waals surface area contributed by atoms with Gasteiger partial charge in [0.25, 0.3) is 0 Å². The summed E-state index contributed by atoms with van der Waals surface area (Å²) < 4.78 is 8.49. The van der Waals surface area contributed by atoms with E-state index in [4.69, 9.17) is 4.42 Å². The zero-order valence-corrected chi connectivity index (χ0v) is 16.7. The van der Waals surface area contributed by atoms with Gasteiger partial charge in [0.15, 0.2) is 0 Å². The predicted molar refractivity (Wildman–Crippen MR) is 108 cm³/mol. The molecule has 0 aliphatic carbocycles. The number of aryl methyl sites for hydroxylation is 1. The number of nitrogens with zero attached hydrogens (tertiary/aromatic N) is 3. The van der Waals surface area contributed by atoms with Gasteiger partial charge in [0.05, 0.1) is 6.04 Å². The van der Waals surface area contributed by atoms with E-state index in [1.54, 1.807) is 0 Å². The van der Waals surface area contributed by atoms with E-state index < -0.39 is 0 Å². The number of aromatic nitrogens is 3. The fourth-order valence-corrected chi connectivity index (χ4v) is 4.04. The van der Waals surface area contributed by atoms with E-state index in [-0.39, 0.29) is 11.5 Å². The highest BCUT2D eigenvalue weighted by Gasteiger charge is 2.29. The van der Waals surface area contributed by atoms with Crippen LogP contribution in [-0.2, 0) is 19.4 Å². The summed E-state index contributed by atoms with van der Waals surface area (Å²) in [6.45, 7) is 8.67. The van der Waals surface area contributed by atoms with Crippen LogP contribution in [0.2, 0.25) is 0 Å². The average molecular weight is 367 g/mol. The van der Waals surface area contributed by atoms with Gasteiger partial charge in [0.2, 0.25) is 0 Å². The summed E-state index contributed by atoms with van der Waals surface area (Å²) in [4.78, 5) is 0. The zero-order valence-electron chi connectivity index (χ0n) is 16.7. The molecule has 0 saturated heterocycles. The minimum absolute atomic E-state index is 0.0512. The Bertz CT molecular complexity index is 870. The van der Waals surface area contributed by atoms with E-state index in [1.165, 1.54) is 19.3 Å². The van der Waals surface area contributed by atoms with E-state index >= 15 is 0 Å². The van der Waals surface area contributed by atoms with Crippen LogP contribution in [0.15, 0.2) is 34.7 Å². The quantitative estimate of drug-likeness (QED) is 0.713. The molecule has 1 atom stereocenters. The number of nitrogens with one attached hydrogen (secondary N) is 1. The molecule has 0 bridgehead atoms. The highest BCUT2D eigenvalue weighted by atomic mass is 16.3. The Morgan fingerprint density at radius 1 is 1.15 bits per heavy atom. The van der Waals surface area contributed by atoms with Gasteiger partial charge in [0, 0.05) is 31.3 Å². The second kappa shape index (κ2) is 7.47. The molecule has 3 aromatic rings. The first-order valence-electron chi connectivity index (χ1n) is 10.2. The van der Waals surface area contributed by atoms with E-state index in [1.807, 2.05) is 12.1 Å². The summed E-state index contributed by atoms with van der Waals surface area (Å²) in [7, 11) is 0. The maximum absolute atomic E-state index is 6.16. The van der Waals surface area contributed by atoms with Crippen LogP contribution in [0.1, 0.15) is 63.5 Å². The number of para-hydroxylation sites is 1. The molecule has 5 heteroatoms. The van der Waals surface area contributed by atoms with Gasteiger partial charge < -0.3 is 14.3 Å². The molecule has 0 unspecified atom stereocenters. The van der Waals surface area contributed by atoms with Gasteiger partial charge in [-0.1, -0.05) is 45.4 Å². The molecule has 1 aliphatic rings. The lowest BCUT2D eigenvalue weighted by molar-refractivity contribution is 0.242. The lowest BCUT2D eigenvalue weighted by Crippen LogP contribution is -2.33. The summed E-state index contributed by atoms with van der Waals surface area (Å²) in [6, 6.07) is 10.5. The van der Waals surface area contributed by atoms with Crippen molar-refractivity contribution in [1.82, 2.24) is 20.1 Å². The number of hydrogen-bond donors (Lipinski definition) is 1. The van der Waals surface area contributed by atoms with Crippen LogP contribution in [-0.4, -0.2) is 21.3 Å². The molecule has 0 amide bonds. The maximum atomic E-state index is 6.16.